The minimum absolute atomic E-state index is 0.0215. The van der Waals surface area contributed by atoms with Crippen molar-refractivity contribution in [1.82, 2.24) is 4.90 Å². The third-order valence-corrected chi connectivity index (χ3v) is 14.4. The van der Waals surface area contributed by atoms with Crippen molar-refractivity contribution in [2.24, 2.45) is 33.5 Å². The molecule has 3 saturated carbocycles. The smallest absolute Gasteiger partial charge is 0.410 e. The van der Waals surface area contributed by atoms with Crippen LogP contribution in [0.25, 0.3) is 11.1 Å². The number of hydrogen-bond acceptors (Lipinski definition) is 5. The van der Waals surface area contributed by atoms with Crippen molar-refractivity contribution in [3.63, 3.8) is 0 Å². The van der Waals surface area contributed by atoms with Gasteiger partial charge in [0.1, 0.15) is 0 Å². The monoisotopic (exact) mass is 685 g/mol. The van der Waals surface area contributed by atoms with Gasteiger partial charge in [0.15, 0.2) is 5.78 Å². The number of aliphatic hydroxyl groups excluding tert-OH is 1. The highest BCUT2D eigenvalue weighted by Gasteiger charge is 2.74. The molecular formula is C45H51NO5. The van der Waals surface area contributed by atoms with E-state index in [1.54, 1.807) is 4.90 Å². The maximum Gasteiger partial charge on any atom is 0.410 e. The van der Waals surface area contributed by atoms with E-state index in [1.165, 1.54) is 0 Å². The Balaban J connectivity index is 1.24. The Morgan fingerprint density at radius 3 is 2.22 bits per heavy atom. The first-order valence-electron chi connectivity index (χ1n) is 19.0. The number of carbonyl (C=O) groups excluding carboxylic acids is 2. The molecule has 6 heteroatoms. The topological polar surface area (TPSA) is 87.1 Å². The van der Waals surface area contributed by atoms with Gasteiger partial charge in [0, 0.05) is 33.9 Å². The van der Waals surface area contributed by atoms with Gasteiger partial charge in [0.2, 0.25) is 0 Å². The molecule has 2 spiro atoms. The molecule has 8 unspecified atom stereocenters. The minimum atomic E-state index is -1.18. The second-order valence-corrected chi connectivity index (χ2v) is 16.6. The Morgan fingerprint density at radius 2 is 1.47 bits per heavy atom. The van der Waals surface area contributed by atoms with E-state index >= 15 is 4.79 Å². The van der Waals surface area contributed by atoms with E-state index in [2.05, 4.69) is 44.2 Å². The molecule has 8 atom stereocenters. The third kappa shape index (κ3) is 4.96. The van der Waals surface area contributed by atoms with Crippen LogP contribution >= 0.6 is 0 Å². The first kappa shape index (κ1) is 34.1. The molecule has 0 saturated heterocycles. The van der Waals surface area contributed by atoms with Crippen molar-refractivity contribution in [3.05, 3.63) is 120 Å². The summed E-state index contributed by atoms with van der Waals surface area (Å²) < 4.78 is 5.55. The van der Waals surface area contributed by atoms with Gasteiger partial charge in [0.05, 0.1) is 24.9 Å². The number of ketones is 1. The largest absolute Gasteiger partial charge is 0.450 e. The van der Waals surface area contributed by atoms with Crippen LogP contribution in [0.15, 0.2) is 109 Å². The highest BCUT2D eigenvalue weighted by molar-refractivity contribution is 6.14. The molecule has 2 bridgehead atoms. The van der Waals surface area contributed by atoms with Crippen LogP contribution in [0.4, 0.5) is 4.79 Å². The van der Waals surface area contributed by atoms with Crippen molar-refractivity contribution < 1.29 is 24.5 Å². The van der Waals surface area contributed by atoms with E-state index in [1.807, 2.05) is 79.7 Å². The van der Waals surface area contributed by atoms with Gasteiger partial charge in [0.25, 0.3) is 0 Å². The lowest BCUT2D eigenvalue weighted by atomic mass is 9.32. The Hall–Kier alpha value is -4.00. The van der Waals surface area contributed by atoms with E-state index in [0.29, 0.717) is 24.9 Å². The summed E-state index contributed by atoms with van der Waals surface area (Å²) in [7, 11) is 0. The molecule has 3 aromatic carbocycles. The van der Waals surface area contributed by atoms with E-state index in [4.69, 9.17) is 4.74 Å². The number of hydrogen-bond donors (Lipinski definition) is 2. The molecule has 3 aromatic rings. The molecule has 9 rings (SSSR count). The summed E-state index contributed by atoms with van der Waals surface area (Å²) >= 11 is 0. The van der Waals surface area contributed by atoms with Crippen LogP contribution in [-0.4, -0.2) is 51.8 Å². The lowest BCUT2D eigenvalue weighted by Crippen LogP contribution is -2.67. The fraction of sp³-hybridized carbons (Fsp3) is 0.467. The van der Waals surface area contributed by atoms with Crippen LogP contribution in [0, 0.1) is 33.5 Å². The predicted molar refractivity (Wildman–Crippen MR) is 199 cm³/mol. The van der Waals surface area contributed by atoms with Crippen molar-refractivity contribution in [1.29, 1.82) is 0 Å². The Kier molecular flexibility index (Phi) is 8.23. The Morgan fingerprint density at radius 1 is 0.824 bits per heavy atom. The van der Waals surface area contributed by atoms with E-state index in [0.717, 1.165) is 54.4 Å². The number of ether oxygens (including phenoxy) is 1. The fourth-order valence-corrected chi connectivity index (χ4v) is 11.8. The Bertz CT molecular complexity index is 1890. The standard InChI is InChI=1S/C45H51NO5/c1-4-51-40(49)46(29-31-13-7-5-8-14-31)30-44(50)24-21-38-42(44,3)23-20-37-41(2)22-19-33(47)27-43(41)25-26-45(37,38)36(28-43)39(48)35-18-12-11-17-34(35)32-15-9-6-10-16-32/h5-18,25-26,28,33,37-38,47,50H,4,19-24,27,29-30H2,1-3H3. The number of rotatable bonds is 8. The number of nitrogens with zero attached hydrogens (tertiary/aromatic N) is 1. The van der Waals surface area contributed by atoms with Crippen molar-refractivity contribution in [2.75, 3.05) is 13.2 Å². The molecule has 3 fully saturated rings. The van der Waals surface area contributed by atoms with E-state index in [9.17, 15) is 15.0 Å². The van der Waals surface area contributed by atoms with Crippen LogP contribution < -0.4 is 0 Å². The summed E-state index contributed by atoms with van der Waals surface area (Å²) in [5.41, 5.74) is 1.53. The number of benzene rings is 3. The van der Waals surface area contributed by atoms with Gasteiger partial charge in [-0.05, 0) is 85.8 Å². The lowest BCUT2D eigenvalue weighted by Gasteiger charge is -2.71. The molecule has 6 nitrogen and oxygen atoms in total. The highest BCUT2D eigenvalue weighted by Crippen LogP contribution is 2.78. The number of Topliss-reactive ketones (excluding diaryl/α,β-unsaturated/α-hetero) is 1. The quantitative estimate of drug-likeness (QED) is 0.183. The lowest BCUT2D eigenvalue weighted by molar-refractivity contribution is -0.175. The van der Waals surface area contributed by atoms with Gasteiger partial charge in [-0.3, -0.25) is 4.79 Å². The summed E-state index contributed by atoms with van der Waals surface area (Å²) in [6.07, 6.45) is 11.3. The molecule has 2 N–H and O–H groups in total. The number of carbonyl (C=O) groups is 2. The Labute approximate surface area is 302 Å². The zero-order valence-corrected chi connectivity index (χ0v) is 30.2. The highest BCUT2D eigenvalue weighted by atomic mass is 16.6. The maximum absolute atomic E-state index is 15.4. The number of aliphatic hydroxyl groups is 2. The van der Waals surface area contributed by atoms with E-state index < -0.39 is 34.0 Å². The zero-order valence-electron chi connectivity index (χ0n) is 30.2. The molecule has 6 aliphatic carbocycles. The van der Waals surface area contributed by atoms with Crippen LogP contribution in [0.2, 0.25) is 0 Å². The summed E-state index contributed by atoms with van der Waals surface area (Å²) in [5, 5.41) is 24.1. The average molecular weight is 686 g/mol. The van der Waals surface area contributed by atoms with Crippen LogP contribution in [-0.2, 0) is 11.3 Å². The normalized spacial score (nSPS) is 36.0. The van der Waals surface area contributed by atoms with Crippen LogP contribution in [0.5, 0.6) is 0 Å². The van der Waals surface area contributed by atoms with Crippen molar-refractivity contribution in [3.8, 4) is 11.1 Å². The number of fused-ring (bicyclic) bond motifs is 1. The molecule has 0 heterocycles. The molecular weight excluding hydrogens is 634 g/mol. The molecule has 6 aliphatic rings. The average Bonchev–Trinajstić information content (AvgIpc) is 3.41. The first-order valence-corrected chi connectivity index (χ1v) is 19.0. The van der Waals surface area contributed by atoms with Gasteiger partial charge < -0.3 is 19.8 Å². The summed E-state index contributed by atoms with van der Waals surface area (Å²) in [6, 6.07) is 28.0. The molecule has 266 valence electrons. The first-order chi connectivity index (χ1) is 24.5. The molecule has 0 aliphatic heterocycles. The van der Waals surface area contributed by atoms with Crippen LogP contribution in [0.1, 0.15) is 81.6 Å². The van der Waals surface area contributed by atoms with E-state index in [-0.39, 0.29) is 36.2 Å². The SMILES string of the molecule is CCOC(=O)N(Cc1ccccc1)CC1(O)CCC2C34C=CC5(C=C3C(=O)c3ccccc3-c3ccccc3)CC(O)CCC5(C)C4CCC21C. The fourth-order valence-electron chi connectivity index (χ4n) is 11.8. The van der Waals surface area contributed by atoms with Gasteiger partial charge in [-0.1, -0.05) is 117 Å². The van der Waals surface area contributed by atoms with Crippen molar-refractivity contribution in [2.45, 2.75) is 84.0 Å². The second-order valence-electron chi connectivity index (χ2n) is 16.6. The van der Waals surface area contributed by atoms with Gasteiger partial charge in [-0.2, -0.15) is 0 Å². The molecule has 0 radical (unpaired) electrons. The summed E-state index contributed by atoms with van der Waals surface area (Å²) in [6.45, 7) is 7.20. The second kappa shape index (κ2) is 12.3. The van der Waals surface area contributed by atoms with Crippen molar-refractivity contribution >= 4 is 11.9 Å². The molecule has 51 heavy (non-hydrogen) atoms. The molecule has 0 aromatic heterocycles. The van der Waals surface area contributed by atoms with Gasteiger partial charge >= 0.3 is 6.09 Å². The van der Waals surface area contributed by atoms with Gasteiger partial charge in [-0.25, -0.2) is 4.79 Å². The predicted octanol–water partition coefficient (Wildman–Crippen LogP) is 8.79. The maximum atomic E-state index is 15.4. The number of amides is 1. The summed E-state index contributed by atoms with van der Waals surface area (Å²) in [4.78, 5) is 30.5. The summed E-state index contributed by atoms with van der Waals surface area (Å²) in [5.74, 6) is 0.204. The number of allylic oxidation sites excluding steroid dienone is 4. The minimum Gasteiger partial charge on any atom is -0.450 e. The third-order valence-electron chi connectivity index (χ3n) is 14.4. The zero-order chi connectivity index (χ0) is 35.6. The molecule has 1 amide bonds. The van der Waals surface area contributed by atoms with Crippen LogP contribution in [0.3, 0.4) is 0 Å². The van der Waals surface area contributed by atoms with Gasteiger partial charge in [-0.15, -0.1) is 0 Å².